The Hall–Kier alpha value is -0.0500. The number of hydrogen-bond acceptors (Lipinski definition) is 0. The second-order valence-corrected chi connectivity index (χ2v) is 5.69. The maximum atomic E-state index is 2.40. The van der Waals surface area contributed by atoms with Gasteiger partial charge in [-0.05, 0) is 64.1 Å². The number of hydrogen-bond donors (Lipinski definition) is 0. The van der Waals surface area contributed by atoms with E-state index in [1.54, 1.807) is 0 Å². The van der Waals surface area contributed by atoms with Crippen LogP contribution in [0.2, 0.25) is 0 Å². The minimum Gasteiger partial charge on any atom is -0.0625 e. The van der Waals surface area contributed by atoms with Crippen LogP contribution in [0.15, 0.2) is 18.2 Å². The lowest BCUT2D eigenvalue weighted by molar-refractivity contribution is 0.646. The van der Waals surface area contributed by atoms with E-state index in [4.69, 9.17) is 0 Å². The molecule has 0 aliphatic carbocycles. The van der Waals surface area contributed by atoms with E-state index in [2.05, 4.69) is 68.5 Å². The van der Waals surface area contributed by atoms with E-state index in [1.807, 2.05) is 0 Å². The summed E-state index contributed by atoms with van der Waals surface area (Å²) in [5.74, 6) is 2.13. The summed E-state index contributed by atoms with van der Waals surface area (Å²) in [6, 6.07) is 6.85. The third-order valence-corrected chi connectivity index (χ3v) is 2.80. The largest absolute Gasteiger partial charge is 0.0625 e. The van der Waals surface area contributed by atoms with Gasteiger partial charge in [-0.1, -0.05) is 33.8 Å². The first-order valence-corrected chi connectivity index (χ1v) is 6.17. The summed E-state index contributed by atoms with van der Waals surface area (Å²) in [6.45, 7) is 8.87. The zero-order valence-electron chi connectivity index (χ0n) is 9.39. The maximum Gasteiger partial charge on any atom is 0.0136 e. The Bertz CT molecular complexity index is 300. The molecule has 0 saturated carbocycles. The average molecular weight is 301 g/mol. The van der Waals surface area contributed by atoms with E-state index in [1.165, 1.54) is 27.0 Å². The van der Waals surface area contributed by atoms with Gasteiger partial charge in [-0.25, -0.2) is 0 Å². The first-order chi connectivity index (χ1) is 6.49. The summed E-state index contributed by atoms with van der Waals surface area (Å²) in [6.07, 6.45) is 1.18. The van der Waals surface area contributed by atoms with Crippen molar-refractivity contribution in [2.24, 2.45) is 5.92 Å². The molecular formula is C13H18I. The molecule has 0 N–H and O–H groups in total. The monoisotopic (exact) mass is 301 g/mol. The predicted octanol–water partition coefficient (Wildman–Crippen LogP) is 4.45. The van der Waals surface area contributed by atoms with Crippen LogP contribution < -0.4 is 0 Å². The molecule has 0 spiro atoms. The van der Waals surface area contributed by atoms with Crippen molar-refractivity contribution in [1.29, 1.82) is 0 Å². The van der Waals surface area contributed by atoms with Crippen LogP contribution in [0.1, 0.15) is 38.8 Å². The summed E-state index contributed by atoms with van der Waals surface area (Å²) in [5.41, 5.74) is 2.84. The standard InChI is InChI=1S/C13H18I/c1-9(2)5-11-6-12(10(3)4)8-13(14)7-11/h6-9H,5H2,1-4H3. The summed E-state index contributed by atoms with van der Waals surface area (Å²) in [4.78, 5) is 0. The van der Waals surface area contributed by atoms with Crippen molar-refractivity contribution in [3.63, 3.8) is 0 Å². The van der Waals surface area contributed by atoms with Crippen molar-refractivity contribution in [3.05, 3.63) is 38.8 Å². The molecule has 0 unspecified atom stereocenters. The molecule has 77 valence electrons. The van der Waals surface area contributed by atoms with Gasteiger partial charge >= 0.3 is 0 Å². The van der Waals surface area contributed by atoms with Gasteiger partial charge in [-0.15, -0.1) is 0 Å². The van der Waals surface area contributed by atoms with Crippen LogP contribution in [0.5, 0.6) is 0 Å². The van der Waals surface area contributed by atoms with E-state index in [0.717, 1.165) is 5.92 Å². The number of rotatable bonds is 3. The minimum atomic E-state index is 0.734. The van der Waals surface area contributed by atoms with Gasteiger partial charge in [0, 0.05) is 3.57 Å². The Morgan fingerprint density at radius 2 is 1.86 bits per heavy atom. The molecule has 0 aromatic heterocycles. The van der Waals surface area contributed by atoms with Gasteiger partial charge in [0.1, 0.15) is 0 Å². The van der Waals surface area contributed by atoms with E-state index in [-0.39, 0.29) is 0 Å². The van der Waals surface area contributed by atoms with Crippen molar-refractivity contribution in [1.82, 2.24) is 0 Å². The second kappa shape index (κ2) is 5.15. The molecule has 0 heterocycles. The molecule has 1 rings (SSSR count). The Labute approximate surface area is 101 Å². The maximum absolute atomic E-state index is 2.40. The van der Waals surface area contributed by atoms with Crippen LogP contribution in [0.25, 0.3) is 0 Å². The zero-order chi connectivity index (χ0) is 10.7. The first-order valence-electron chi connectivity index (χ1n) is 5.09. The van der Waals surface area contributed by atoms with Gasteiger partial charge in [0.25, 0.3) is 0 Å². The SMILES string of the molecule is C[C](C)c1cc(I)cc(CC(C)C)c1. The lowest BCUT2D eigenvalue weighted by Gasteiger charge is -2.10. The van der Waals surface area contributed by atoms with Crippen molar-refractivity contribution in [2.45, 2.75) is 34.1 Å². The molecular weight excluding hydrogens is 283 g/mol. The molecule has 0 bridgehead atoms. The lowest BCUT2D eigenvalue weighted by atomic mass is 9.97. The highest BCUT2D eigenvalue weighted by molar-refractivity contribution is 14.1. The molecule has 0 aliphatic rings. The van der Waals surface area contributed by atoms with Crippen LogP contribution in [0.4, 0.5) is 0 Å². The molecule has 0 fully saturated rings. The Balaban J connectivity index is 2.95. The number of halogens is 1. The minimum absolute atomic E-state index is 0.734. The summed E-state index contributed by atoms with van der Waals surface area (Å²) < 4.78 is 1.34. The average Bonchev–Trinajstić information content (AvgIpc) is 2.01. The fourth-order valence-corrected chi connectivity index (χ4v) is 2.26. The van der Waals surface area contributed by atoms with Gasteiger partial charge in [-0.3, -0.25) is 0 Å². The summed E-state index contributed by atoms with van der Waals surface area (Å²) in [5, 5.41) is 0. The summed E-state index contributed by atoms with van der Waals surface area (Å²) in [7, 11) is 0. The molecule has 0 atom stereocenters. The molecule has 1 aromatic rings. The quantitative estimate of drug-likeness (QED) is 0.723. The van der Waals surface area contributed by atoms with Gasteiger partial charge in [-0.2, -0.15) is 0 Å². The van der Waals surface area contributed by atoms with E-state index in [0.29, 0.717) is 0 Å². The predicted molar refractivity (Wildman–Crippen MR) is 71.4 cm³/mol. The van der Waals surface area contributed by atoms with E-state index < -0.39 is 0 Å². The fourth-order valence-electron chi connectivity index (χ4n) is 1.53. The third-order valence-electron chi connectivity index (χ3n) is 2.18. The van der Waals surface area contributed by atoms with Crippen LogP contribution in [0.3, 0.4) is 0 Å². The van der Waals surface area contributed by atoms with E-state index in [9.17, 15) is 0 Å². The van der Waals surface area contributed by atoms with Gasteiger partial charge in [0.15, 0.2) is 0 Å². The molecule has 0 aliphatic heterocycles. The highest BCUT2D eigenvalue weighted by atomic mass is 127. The van der Waals surface area contributed by atoms with Crippen LogP contribution in [-0.2, 0) is 6.42 Å². The van der Waals surface area contributed by atoms with Crippen molar-refractivity contribution in [2.75, 3.05) is 0 Å². The third kappa shape index (κ3) is 3.60. The second-order valence-electron chi connectivity index (χ2n) is 4.45. The topological polar surface area (TPSA) is 0 Å². The molecule has 1 heteroatoms. The molecule has 1 aromatic carbocycles. The van der Waals surface area contributed by atoms with Gasteiger partial charge < -0.3 is 0 Å². The van der Waals surface area contributed by atoms with Crippen molar-refractivity contribution >= 4 is 22.6 Å². The van der Waals surface area contributed by atoms with Crippen molar-refractivity contribution < 1.29 is 0 Å². The highest BCUT2D eigenvalue weighted by Gasteiger charge is 2.04. The van der Waals surface area contributed by atoms with Gasteiger partial charge in [0.2, 0.25) is 0 Å². The van der Waals surface area contributed by atoms with E-state index >= 15 is 0 Å². The van der Waals surface area contributed by atoms with Gasteiger partial charge in [0.05, 0.1) is 0 Å². The van der Waals surface area contributed by atoms with Crippen molar-refractivity contribution in [3.8, 4) is 0 Å². The fraction of sp³-hybridized carbons (Fsp3) is 0.462. The number of benzene rings is 1. The van der Waals surface area contributed by atoms with Crippen LogP contribution in [-0.4, -0.2) is 0 Å². The highest BCUT2D eigenvalue weighted by Crippen LogP contribution is 2.20. The zero-order valence-corrected chi connectivity index (χ0v) is 11.6. The van der Waals surface area contributed by atoms with Crippen LogP contribution in [0, 0.1) is 15.4 Å². The normalized spacial score (nSPS) is 11.4. The smallest absolute Gasteiger partial charge is 0.0136 e. The Morgan fingerprint density at radius 3 is 2.36 bits per heavy atom. The molecule has 0 nitrogen and oxygen atoms in total. The molecule has 0 amide bonds. The molecule has 1 radical (unpaired) electrons. The molecule has 0 saturated heterocycles. The molecule has 14 heavy (non-hydrogen) atoms. The van der Waals surface area contributed by atoms with Crippen LogP contribution >= 0.6 is 22.6 Å². The Kier molecular flexibility index (Phi) is 4.42. The first kappa shape index (κ1) is 12.0. The summed E-state index contributed by atoms with van der Waals surface area (Å²) >= 11 is 2.40. The lowest BCUT2D eigenvalue weighted by Crippen LogP contribution is -1.97. The Morgan fingerprint density at radius 1 is 1.21 bits per heavy atom.